The van der Waals surface area contributed by atoms with E-state index in [1.165, 1.54) is 10.8 Å². The van der Waals surface area contributed by atoms with Crippen LogP contribution in [0.2, 0.25) is 0 Å². The predicted molar refractivity (Wildman–Crippen MR) is 200 cm³/mol. The van der Waals surface area contributed by atoms with E-state index in [0.717, 1.165) is 55.2 Å². The van der Waals surface area contributed by atoms with Crippen molar-refractivity contribution >= 4 is 43.6 Å². The highest BCUT2D eigenvalue weighted by atomic mass is 15.0. The fraction of sp³-hybridized carbons (Fsp3) is 0. The zero-order valence-electron chi connectivity index (χ0n) is 26.7. The molecule has 0 radical (unpaired) electrons. The van der Waals surface area contributed by atoms with Gasteiger partial charge < -0.3 is 9.13 Å². The van der Waals surface area contributed by atoms with Crippen molar-refractivity contribution in [3.05, 3.63) is 168 Å². The number of nitriles is 3. The van der Waals surface area contributed by atoms with Gasteiger partial charge in [0.1, 0.15) is 6.07 Å². The monoisotopic (exact) mass is 635 g/mol. The third-order valence-corrected chi connectivity index (χ3v) is 9.63. The molecule has 0 saturated heterocycles. The van der Waals surface area contributed by atoms with Crippen LogP contribution < -0.4 is 0 Å². The van der Waals surface area contributed by atoms with Crippen LogP contribution in [0.5, 0.6) is 0 Å². The first kappa shape index (κ1) is 28.8. The normalized spacial score (nSPS) is 11.1. The Balaban J connectivity index is 1.23. The summed E-state index contributed by atoms with van der Waals surface area (Å²) in [5.41, 5.74) is 10.8. The zero-order valence-corrected chi connectivity index (χ0v) is 26.7. The summed E-state index contributed by atoms with van der Waals surface area (Å²) in [6.45, 7) is 0. The van der Waals surface area contributed by atoms with Gasteiger partial charge in [-0.2, -0.15) is 15.8 Å². The molecule has 0 amide bonds. The van der Waals surface area contributed by atoms with Gasteiger partial charge in [-0.1, -0.05) is 91.0 Å². The summed E-state index contributed by atoms with van der Waals surface area (Å²) in [7, 11) is 0. The van der Waals surface area contributed by atoms with Crippen LogP contribution in [0.1, 0.15) is 16.7 Å². The Bertz CT molecular complexity index is 2920. The topological polar surface area (TPSA) is 81.2 Å². The zero-order chi connectivity index (χ0) is 33.8. The molecule has 5 nitrogen and oxygen atoms in total. The number of fused-ring (bicyclic) bond motifs is 6. The van der Waals surface area contributed by atoms with Gasteiger partial charge in [-0.15, -0.1) is 0 Å². The first-order chi connectivity index (χ1) is 24.7. The van der Waals surface area contributed by atoms with Gasteiger partial charge in [0.15, 0.2) is 0 Å². The maximum absolute atomic E-state index is 10.5. The van der Waals surface area contributed by atoms with Crippen molar-refractivity contribution in [2.24, 2.45) is 0 Å². The third kappa shape index (κ3) is 4.31. The van der Waals surface area contributed by atoms with Gasteiger partial charge in [0.25, 0.3) is 0 Å². The van der Waals surface area contributed by atoms with Gasteiger partial charge in [-0.05, 0) is 71.8 Å². The number of benzene rings is 7. The molecular formula is C45H25N5. The number of rotatable bonds is 4. The molecule has 0 saturated carbocycles. The Morgan fingerprint density at radius 3 is 1.54 bits per heavy atom. The molecule has 5 heteroatoms. The molecule has 0 fully saturated rings. The Morgan fingerprint density at radius 1 is 0.360 bits per heavy atom. The molecule has 0 spiro atoms. The lowest BCUT2D eigenvalue weighted by atomic mass is 9.93. The minimum Gasteiger partial charge on any atom is -0.309 e. The lowest BCUT2D eigenvalue weighted by Gasteiger charge is -2.16. The molecular weight excluding hydrogens is 611 g/mol. The molecule has 2 heterocycles. The Labute approximate surface area is 287 Å². The van der Waals surface area contributed by atoms with Crippen molar-refractivity contribution in [1.82, 2.24) is 9.13 Å². The van der Waals surface area contributed by atoms with E-state index in [2.05, 4.69) is 102 Å². The van der Waals surface area contributed by atoms with E-state index in [1.807, 2.05) is 71.3 Å². The van der Waals surface area contributed by atoms with Crippen molar-refractivity contribution in [1.29, 1.82) is 15.8 Å². The molecule has 9 rings (SSSR count). The summed E-state index contributed by atoms with van der Waals surface area (Å²) in [5, 5.41) is 34.9. The third-order valence-electron chi connectivity index (χ3n) is 9.63. The van der Waals surface area contributed by atoms with Crippen LogP contribution >= 0.6 is 0 Å². The number of hydrogen-bond acceptors (Lipinski definition) is 3. The Hall–Kier alpha value is -7.39. The quantitative estimate of drug-likeness (QED) is 0.193. The molecule has 7 aromatic carbocycles. The van der Waals surface area contributed by atoms with E-state index in [1.54, 1.807) is 6.07 Å². The average molecular weight is 636 g/mol. The molecule has 50 heavy (non-hydrogen) atoms. The maximum atomic E-state index is 10.5. The van der Waals surface area contributed by atoms with Crippen molar-refractivity contribution in [3.8, 4) is 51.8 Å². The van der Waals surface area contributed by atoms with Gasteiger partial charge in [0.05, 0.1) is 62.3 Å². The maximum Gasteiger partial charge on any atom is 0.101 e. The van der Waals surface area contributed by atoms with Crippen molar-refractivity contribution in [2.75, 3.05) is 0 Å². The minimum absolute atomic E-state index is 0.446. The first-order valence-electron chi connectivity index (χ1n) is 16.3. The second-order valence-corrected chi connectivity index (χ2v) is 12.3. The average Bonchev–Trinajstić information content (AvgIpc) is 3.70. The van der Waals surface area contributed by atoms with E-state index < -0.39 is 0 Å². The van der Waals surface area contributed by atoms with Crippen LogP contribution in [0.4, 0.5) is 0 Å². The predicted octanol–water partition coefficient (Wildman–Crippen LogP) is 10.8. The summed E-state index contributed by atoms with van der Waals surface area (Å²) in [5.74, 6) is 0. The van der Waals surface area contributed by atoms with Crippen LogP contribution in [-0.2, 0) is 0 Å². The highest BCUT2D eigenvalue weighted by Crippen LogP contribution is 2.39. The van der Waals surface area contributed by atoms with Gasteiger partial charge in [0.2, 0.25) is 0 Å². The van der Waals surface area contributed by atoms with E-state index in [-0.39, 0.29) is 0 Å². The SMILES string of the molecule is N#Cc1ccc2c(c1)c1ccccc1n2-c1cc(C#N)c(-c2cccc(-c3ccccc3-n3c4ccccc4c4ccccc43)c2)cc1C#N. The van der Waals surface area contributed by atoms with Gasteiger partial charge >= 0.3 is 0 Å². The summed E-state index contributed by atoms with van der Waals surface area (Å²) in [4.78, 5) is 0. The number of aromatic nitrogens is 2. The van der Waals surface area contributed by atoms with Gasteiger partial charge in [-0.3, -0.25) is 0 Å². The van der Waals surface area contributed by atoms with Gasteiger partial charge in [0, 0.05) is 32.7 Å². The summed E-state index contributed by atoms with van der Waals surface area (Å²) in [6.07, 6.45) is 0. The van der Waals surface area contributed by atoms with Crippen LogP contribution in [-0.4, -0.2) is 9.13 Å². The van der Waals surface area contributed by atoms with Crippen molar-refractivity contribution in [3.63, 3.8) is 0 Å². The lowest BCUT2D eigenvalue weighted by Crippen LogP contribution is -2.00. The molecule has 230 valence electrons. The summed E-state index contributed by atoms with van der Waals surface area (Å²) >= 11 is 0. The molecule has 0 N–H and O–H groups in total. The molecule has 0 aliphatic rings. The molecule has 0 bridgehead atoms. The second kappa shape index (κ2) is 11.4. The van der Waals surface area contributed by atoms with Crippen molar-refractivity contribution in [2.45, 2.75) is 0 Å². The number of hydrogen-bond donors (Lipinski definition) is 0. The smallest absolute Gasteiger partial charge is 0.101 e. The molecule has 0 atom stereocenters. The Morgan fingerprint density at radius 2 is 0.900 bits per heavy atom. The highest BCUT2D eigenvalue weighted by molar-refractivity contribution is 6.11. The van der Waals surface area contributed by atoms with E-state index in [9.17, 15) is 15.8 Å². The van der Waals surface area contributed by atoms with Crippen molar-refractivity contribution < 1.29 is 0 Å². The standard InChI is InChI=1S/C45H25N5/c46-26-29-20-21-44-39(22-29)37-15-4-8-19-43(37)50(44)45-25-32(27-47)38(24-33(45)28-48)31-11-9-10-30(23-31)34-12-1-5-16-40(34)49-41-17-6-2-13-35(41)36-14-3-7-18-42(36)49/h1-25H. The highest BCUT2D eigenvalue weighted by Gasteiger charge is 2.20. The van der Waals surface area contributed by atoms with E-state index in [0.29, 0.717) is 27.9 Å². The van der Waals surface area contributed by atoms with Crippen LogP contribution in [0, 0.1) is 34.0 Å². The first-order valence-corrected chi connectivity index (χ1v) is 16.3. The largest absolute Gasteiger partial charge is 0.309 e. The van der Waals surface area contributed by atoms with Crippen LogP contribution in [0.25, 0.3) is 77.2 Å². The fourth-order valence-electron chi connectivity index (χ4n) is 7.45. The Kier molecular flexibility index (Phi) is 6.56. The lowest BCUT2D eigenvalue weighted by molar-refractivity contribution is 1.16. The molecule has 0 aliphatic carbocycles. The molecule has 9 aromatic rings. The fourth-order valence-corrected chi connectivity index (χ4v) is 7.45. The van der Waals surface area contributed by atoms with Gasteiger partial charge in [-0.25, -0.2) is 0 Å². The van der Waals surface area contributed by atoms with Crippen LogP contribution in [0.15, 0.2) is 152 Å². The summed E-state index contributed by atoms with van der Waals surface area (Å²) in [6, 6.07) is 57.8. The van der Waals surface area contributed by atoms with Crippen LogP contribution in [0.3, 0.4) is 0 Å². The molecule has 0 unspecified atom stereocenters. The van der Waals surface area contributed by atoms with E-state index in [4.69, 9.17) is 0 Å². The molecule has 0 aliphatic heterocycles. The minimum atomic E-state index is 0.446. The number of nitrogens with zero attached hydrogens (tertiary/aromatic N) is 5. The number of para-hydroxylation sites is 4. The molecule has 2 aromatic heterocycles. The second-order valence-electron chi connectivity index (χ2n) is 12.3. The van der Waals surface area contributed by atoms with E-state index >= 15 is 0 Å². The summed E-state index contributed by atoms with van der Waals surface area (Å²) < 4.78 is 4.34.